The predicted octanol–water partition coefficient (Wildman–Crippen LogP) is 3.68. The van der Waals surface area contributed by atoms with Gasteiger partial charge in [-0.05, 0) is 32.4 Å². The lowest BCUT2D eigenvalue weighted by molar-refractivity contribution is -0.148. The van der Waals surface area contributed by atoms with Crippen LogP contribution in [0.3, 0.4) is 0 Å². The Morgan fingerprint density at radius 1 is 1.22 bits per heavy atom. The van der Waals surface area contributed by atoms with E-state index in [0.29, 0.717) is 11.5 Å². The molecule has 0 aliphatic heterocycles. The second-order valence-corrected chi connectivity index (χ2v) is 6.40. The van der Waals surface area contributed by atoms with Crippen molar-refractivity contribution in [3.63, 3.8) is 0 Å². The highest BCUT2D eigenvalue weighted by atomic mass is 16.5. The third-order valence-corrected chi connectivity index (χ3v) is 4.29. The van der Waals surface area contributed by atoms with Crippen molar-refractivity contribution in [2.24, 2.45) is 5.92 Å². The number of hydrogen-bond acceptors (Lipinski definition) is 6. The van der Waals surface area contributed by atoms with Gasteiger partial charge < -0.3 is 15.2 Å². The van der Waals surface area contributed by atoms with E-state index in [4.69, 9.17) is 9.84 Å². The number of carboxylic acids is 1. The smallest absolute Gasteiger partial charge is 0.309 e. The molecule has 7 heteroatoms. The molecule has 2 atom stereocenters. The van der Waals surface area contributed by atoms with Crippen LogP contribution >= 0.6 is 0 Å². The summed E-state index contributed by atoms with van der Waals surface area (Å²) in [6.45, 7) is 5.75. The minimum Gasteiger partial charge on any atom is -0.481 e. The van der Waals surface area contributed by atoms with Crippen LogP contribution in [0, 0.1) is 12.8 Å². The van der Waals surface area contributed by atoms with Crippen LogP contribution in [0.5, 0.6) is 0 Å². The Kier molecular flexibility index (Phi) is 7.28. The largest absolute Gasteiger partial charge is 0.481 e. The molecule has 0 saturated heterocycles. The van der Waals surface area contributed by atoms with E-state index in [0.717, 1.165) is 11.3 Å². The Hall–Kier alpha value is -2.96. The average Bonchev–Trinajstić information content (AvgIpc) is 2.64. The molecular weight excluding hydrogens is 346 g/mol. The summed E-state index contributed by atoms with van der Waals surface area (Å²) < 4.78 is 5.10. The maximum atomic E-state index is 12.2. The van der Waals surface area contributed by atoms with Gasteiger partial charge in [-0.25, -0.2) is 4.98 Å². The second-order valence-electron chi connectivity index (χ2n) is 6.40. The van der Waals surface area contributed by atoms with E-state index >= 15 is 0 Å². The molecule has 1 aromatic heterocycles. The molecule has 27 heavy (non-hydrogen) atoms. The molecule has 0 radical (unpaired) electrons. The van der Waals surface area contributed by atoms with Crippen LogP contribution in [-0.4, -0.2) is 33.6 Å². The van der Waals surface area contributed by atoms with Gasteiger partial charge in [-0.3, -0.25) is 14.6 Å². The third-order valence-electron chi connectivity index (χ3n) is 4.29. The Labute approximate surface area is 158 Å². The zero-order chi connectivity index (χ0) is 19.8. The Bertz CT molecular complexity index is 777. The van der Waals surface area contributed by atoms with Gasteiger partial charge in [0.05, 0.1) is 24.4 Å². The number of nitrogens with zero attached hydrogens (tertiary/aromatic N) is 2. The summed E-state index contributed by atoms with van der Waals surface area (Å²) in [7, 11) is 0. The number of benzene rings is 1. The molecule has 1 heterocycles. The van der Waals surface area contributed by atoms with Crippen LogP contribution in [0.25, 0.3) is 0 Å². The highest BCUT2D eigenvalue weighted by molar-refractivity contribution is 5.73. The van der Waals surface area contributed by atoms with Crippen LogP contribution in [0.2, 0.25) is 0 Å². The number of carbonyl (C=O) groups excluding carboxylic acids is 1. The molecule has 0 bridgehead atoms. The van der Waals surface area contributed by atoms with Gasteiger partial charge in [-0.1, -0.05) is 24.6 Å². The number of esters is 1. The first-order valence-corrected chi connectivity index (χ1v) is 8.94. The normalized spacial score (nSPS) is 12.9. The minimum atomic E-state index is -0.919. The number of hydrogen-bond donors (Lipinski definition) is 2. The van der Waals surface area contributed by atoms with Gasteiger partial charge in [0, 0.05) is 24.2 Å². The number of aromatic nitrogens is 2. The average molecular weight is 371 g/mol. The molecule has 0 fully saturated rings. The third kappa shape index (κ3) is 6.06. The fraction of sp³-hybridized carbons (Fsp3) is 0.400. The first kappa shape index (κ1) is 20.4. The molecule has 0 spiro atoms. The topological polar surface area (TPSA) is 101 Å². The fourth-order valence-electron chi connectivity index (χ4n) is 2.78. The van der Waals surface area contributed by atoms with E-state index in [-0.39, 0.29) is 25.4 Å². The molecular formula is C20H25N3O4. The van der Waals surface area contributed by atoms with Crippen molar-refractivity contribution in [1.29, 1.82) is 0 Å². The number of ether oxygens (including phenoxy) is 1. The summed E-state index contributed by atoms with van der Waals surface area (Å²) in [5, 5.41) is 12.2. The fourth-order valence-corrected chi connectivity index (χ4v) is 2.78. The van der Waals surface area contributed by atoms with E-state index in [2.05, 4.69) is 15.3 Å². The molecule has 2 unspecified atom stereocenters. The first-order valence-electron chi connectivity index (χ1n) is 8.94. The monoisotopic (exact) mass is 371 g/mol. The molecule has 2 aromatic rings. The number of aliphatic carboxylic acids is 1. The van der Waals surface area contributed by atoms with Crippen molar-refractivity contribution in [3.8, 4) is 0 Å². The number of nitrogens with one attached hydrogen (secondary N) is 1. The van der Waals surface area contributed by atoms with Gasteiger partial charge in [0.1, 0.15) is 5.82 Å². The van der Waals surface area contributed by atoms with Crippen LogP contribution < -0.4 is 5.32 Å². The number of rotatable bonds is 9. The van der Waals surface area contributed by atoms with Crippen molar-refractivity contribution in [1.82, 2.24) is 9.97 Å². The summed E-state index contributed by atoms with van der Waals surface area (Å²) in [5.74, 6) is -1.67. The van der Waals surface area contributed by atoms with Gasteiger partial charge in [0.25, 0.3) is 0 Å². The molecule has 0 aliphatic carbocycles. The zero-order valence-electron chi connectivity index (χ0n) is 15.8. The van der Waals surface area contributed by atoms with Crippen molar-refractivity contribution in [3.05, 3.63) is 47.9 Å². The van der Waals surface area contributed by atoms with E-state index in [1.165, 1.54) is 0 Å². The van der Waals surface area contributed by atoms with Gasteiger partial charge in [-0.2, -0.15) is 0 Å². The lowest BCUT2D eigenvalue weighted by atomic mass is 9.87. The van der Waals surface area contributed by atoms with Gasteiger partial charge in [-0.15, -0.1) is 0 Å². The Morgan fingerprint density at radius 3 is 2.56 bits per heavy atom. The number of anilines is 2. The van der Waals surface area contributed by atoms with Gasteiger partial charge >= 0.3 is 11.9 Å². The second kappa shape index (κ2) is 9.66. The summed E-state index contributed by atoms with van der Waals surface area (Å²) in [6.07, 6.45) is 3.37. The lowest BCUT2D eigenvalue weighted by Crippen LogP contribution is -2.23. The first-order chi connectivity index (χ1) is 12.9. The Morgan fingerprint density at radius 2 is 1.93 bits per heavy atom. The van der Waals surface area contributed by atoms with Crippen LogP contribution in [0.4, 0.5) is 11.5 Å². The molecule has 144 valence electrons. The van der Waals surface area contributed by atoms with E-state index < -0.39 is 17.8 Å². The minimum absolute atomic E-state index is 0.0638. The summed E-state index contributed by atoms with van der Waals surface area (Å²) >= 11 is 0. The van der Waals surface area contributed by atoms with Gasteiger partial charge in [0.2, 0.25) is 0 Å². The molecule has 1 aromatic carbocycles. The molecule has 2 rings (SSSR count). The maximum absolute atomic E-state index is 12.2. The number of carboxylic acid groups (broad SMARTS) is 1. The molecule has 0 saturated carbocycles. The molecule has 2 N–H and O–H groups in total. The van der Waals surface area contributed by atoms with Crippen molar-refractivity contribution in [2.45, 2.75) is 39.5 Å². The van der Waals surface area contributed by atoms with Crippen LogP contribution in [-0.2, 0) is 14.3 Å². The van der Waals surface area contributed by atoms with Crippen molar-refractivity contribution < 1.29 is 19.4 Å². The summed E-state index contributed by atoms with van der Waals surface area (Å²) in [5.41, 5.74) is 2.58. The van der Waals surface area contributed by atoms with Crippen LogP contribution in [0.15, 0.2) is 36.7 Å². The van der Waals surface area contributed by atoms with Gasteiger partial charge in [0.15, 0.2) is 0 Å². The van der Waals surface area contributed by atoms with E-state index in [9.17, 15) is 9.59 Å². The molecule has 7 nitrogen and oxygen atoms in total. The number of carbonyl (C=O) groups is 2. The summed E-state index contributed by atoms with van der Waals surface area (Å²) in [4.78, 5) is 32.0. The van der Waals surface area contributed by atoms with E-state index in [1.54, 1.807) is 26.2 Å². The Balaban J connectivity index is 2.24. The maximum Gasteiger partial charge on any atom is 0.309 e. The lowest BCUT2D eigenvalue weighted by Gasteiger charge is -2.22. The summed E-state index contributed by atoms with van der Waals surface area (Å²) in [6, 6.07) is 7.84. The molecule has 0 amide bonds. The highest BCUT2D eigenvalue weighted by Crippen LogP contribution is 2.30. The zero-order valence-corrected chi connectivity index (χ0v) is 15.8. The van der Waals surface area contributed by atoms with Crippen LogP contribution in [0.1, 0.15) is 43.9 Å². The highest BCUT2D eigenvalue weighted by Gasteiger charge is 2.28. The number of aryl methyl sites for hydroxylation is 1. The SMILES string of the molecule is CCOC(=O)C(C)C(CCC(=O)O)c1cncc(Nc2ccc(C)cc2)n1. The van der Waals surface area contributed by atoms with Crippen molar-refractivity contribution in [2.75, 3.05) is 11.9 Å². The quantitative estimate of drug-likeness (QED) is 0.648. The van der Waals surface area contributed by atoms with Crippen molar-refractivity contribution >= 4 is 23.4 Å². The molecule has 0 aliphatic rings. The van der Waals surface area contributed by atoms with E-state index in [1.807, 2.05) is 31.2 Å². The standard InChI is InChI=1S/C20H25N3O4/c1-4-27-20(26)14(3)16(9-10-19(24)25)17-11-21-12-18(23-17)22-15-7-5-13(2)6-8-15/h5-8,11-12,14,16H,4,9-10H2,1-3H3,(H,22,23)(H,24,25). The predicted molar refractivity (Wildman–Crippen MR) is 102 cm³/mol.